The summed E-state index contributed by atoms with van der Waals surface area (Å²) in [5.74, 6) is 1.63. The molecule has 0 spiro atoms. The molecule has 1 aliphatic carbocycles. The van der Waals surface area contributed by atoms with Gasteiger partial charge in [0.25, 0.3) is 0 Å². The van der Waals surface area contributed by atoms with Gasteiger partial charge < -0.3 is 0 Å². The fourth-order valence-corrected chi connectivity index (χ4v) is 3.55. The zero-order valence-electron chi connectivity index (χ0n) is 10.4. The van der Waals surface area contributed by atoms with Crippen molar-refractivity contribution in [2.75, 3.05) is 0 Å². The Bertz CT molecular complexity index is 649. The summed E-state index contributed by atoms with van der Waals surface area (Å²) in [5.41, 5.74) is 1.07. The Morgan fingerprint density at radius 3 is 2.85 bits per heavy atom. The third kappa shape index (κ3) is 3.43. The first kappa shape index (κ1) is 14.5. The molecule has 0 saturated heterocycles. The maximum Gasteiger partial charge on any atom is 0.146 e. The minimum Gasteiger partial charge on any atom is -0.236 e. The predicted octanol–water partition coefficient (Wildman–Crippen LogP) is 5.04. The second-order valence-electron chi connectivity index (χ2n) is 4.65. The van der Waals surface area contributed by atoms with E-state index >= 15 is 0 Å². The highest BCUT2D eigenvalue weighted by atomic mass is 127. The first-order valence-electron chi connectivity index (χ1n) is 6.23. The normalized spacial score (nSPS) is 14.6. The fraction of sp³-hybridized carbons (Fsp3) is 0.286. The van der Waals surface area contributed by atoms with Crippen LogP contribution >= 0.6 is 46.0 Å². The minimum atomic E-state index is -0.227. The van der Waals surface area contributed by atoms with E-state index < -0.39 is 0 Å². The standard InChI is InChI=1S/C14H11ClFIN2S/c15-14-12(17)13(8-4-5-8)18-11(19-14)7-20-10-3-1-2-9(16)6-10/h1-3,6,8H,4-5,7H2. The summed E-state index contributed by atoms with van der Waals surface area (Å²) in [4.78, 5) is 9.80. The molecule has 1 aromatic heterocycles. The topological polar surface area (TPSA) is 25.8 Å². The van der Waals surface area contributed by atoms with E-state index in [-0.39, 0.29) is 5.82 Å². The molecule has 1 aliphatic rings. The van der Waals surface area contributed by atoms with E-state index in [4.69, 9.17) is 11.6 Å². The minimum absolute atomic E-state index is 0.227. The van der Waals surface area contributed by atoms with Gasteiger partial charge in [0, 0.05) is 10.8 Å². The van der Waals surface area contributed by atoms with Crippen LogP contribution in [0.15, 0.2) is 29.2 Å². The van der Waals surface area contributed by atoms with E-state index in [1.54, 1.807) is 6.07 Å². The molecule has 0 unspecified atom stereocenters. The molecular weight excluding hydrogens is 410 g/mol. The lowest BCUT2D eigenvalue weighted by atomic mass is 10.3. The molecule has 2 aromatic rings. The predicted molar refractivity (Wildman–Crippen MR) is 87.7 cm³/mol. The molecule has 0 radical (unpaired) electrons. The van der Waals surface area contributed by atoms with Gasteiger partial charge in [0.1, 0.15) is 16.8 Å². The maximum absolute atomic E-state index is 13.1. The van der Waals surface area contributed by atoms with Crippen molar-refractivity contribution in [3.63, 3.8) is 0 Å². The number of benzene rings is 1. The Kier molecular flexibility index (Phi) is 4.47. The third-order valence-corrected chi connectivity index (χ3v) is 5.66. The lowest BCUT2D eigenvalue weighted by Gasteiger charge is -2.07. The van der Waals surface area contributed by atoms with Gasteiger partial charge in [-0.3, -0.25) is 0 Å². The summed E-state index contributed by atoms with van der Waals surface area (Å²) in [6.07, 6.45) is 2.36. The molecule has 1 fully saturated rings. The number of hydrogen-bond acceptors (Lipinski definition) is 3. The second kappa shape index (κ2) is 6.15. The van der Waals surface area contributed by atoms with E-state index in [1.807, 2.05) is 6.07 Å². The number of hydrogen-bond donors (Lipinski definition) is 0. The van der Waals surface area contributed by atoms with Crippen molar-refractivity contribution in [3.8, 4) is 0 Å². The molecule has 1 aromatic carbocycles. The van der Waals surface area contributed by atoms with Crippen molar-refractivity contribution in [1.29, 1.82) is 0 Å². The average Bonchev–Trinajstić information content (AvgIpc) is 3.24. The van der Waals surface area contributed by atoms with E-state index in [9.17, 15) is 4.39 Å². The van der Waals surface area contributed by atoms with Crippen LogP contribution in [0.5, 0.6) is 0 Å². The van der Waals surface area contributed by atoms with Gasteiger partial charge >= 0.3 is 0 Å². The summed E-state index contributed by atoms with van der Waals surface area (Å²) < 4.78 is 14.1. The van der Waals surface area contributed by atoms with Gasteiger partial charge in [-0.15, -0.1) is 11.8 Å². The van der Waals surface area contributed by atoms with Crippen molar-refractivity contribution >= 4 is 46.0 Å². The first-order valence-corrected chi connectivity index (χ1v) is 8.68. The van der Waals surface area contributed by atoms with Crippen LogP contribution in [0.4, 0.5) is 4.39 Å². The van der Waals surface area contributed by atoms with Crippen LogP contribution in [0.1, 0.15) is 30.3 Å². The molecule has 0 N–H and O–H groups in total. The SMILES string of the molecule is Fc1cccc(SCc2nc(Cl)c(I)c(C3CC3)n2)c1. The second-order valence-corrected chi connectivity index (χ2v) is 7.14. The lowest BCUT2D eigenvalue weighted by molar-refractivity contribution is 0.624. The van der Waals surface area contributed by atoms with Crippen LogP contribution in [0.3, 0.4) is 0 Å². The van der Waals surface area contributed by atoms with Crippen LogP contribution < -0.4 is 0 Å². The molecule has 6 heteroatoms. The Hall–Kier alpha value is -0.400. The Morgan fingerprint density at radius 2 is 2.15 bits per heavy atom. The lowest BCUT2D eigenvalue weighted by Crippen LogP contribution is -2.01. The molecule has 0 amide bonds. The summed E-state index contributed by atoms with van der Waals surface area (Å²) in [7, 11) is 0. The fourth-order valence-electron chi connectivity index (χ4n) is 1.88. The molecular formula is C14H11ClFIN2S. The highest BCUT2D eigenvalue weighted by Crippen LogP contribution is 2.42. The number of nitrogens with zero attached hydrogens (tertiary/aromatic N) is 2. The monoisotopic (exact) mass is 420 g/mol. The Morgan fingerprint density at radius 1 is 1.35 bits per heavy atom. The van der Waals surface area contributed by atoms with Crippen molar-refractivity contribution in [2.24, 2.45) is 0 Å². The number of halogens is 3. The Labute approximate surface area is 139 Å². The van der Waals surface area contributed by atoms with Gasteiger partial charge in [-0.05, 0) is 53.6 Å². The van der Waals surface area contributed by atoms with E-state index in [2.05, 4.69) is 32.6 Å². The maximum atomic E-state index is 13.1. The van der Waals surface area contributed by atoms with Gasteiger partial charge in [-0.1, -0.05) is 17.7 Å². The van der Waals surface area contributed by atoms with Crippen molar-refractivity contribution < 1.29 is 4.39 Å². The smallest absolute Gasteiger partial charge is 0.146 e. The molecule has 104 valence electrons. The summed E-state index contributed by atoms with van der Waals surface area (Å²) in [6, 6.07) is 6.53. The molecule has 1 saturated carbocycles. The first-order chi connectivity index (χ1) is 9.63. The highest BCUT2D eigenvalue weighted by molar-refractivity contribution is 14.1. The molecule has 2 nitrogen and oxygen atoms in total. The van der Waals surface area contributed by atoms with Crippen LogP contribution in [0.2, 0.25) is 5.15 Å². The zero-order chi connectivity index (χ0) is 14.1. The molecule has 0 aliphatic heterocycles. The van der Waals surface area contributed by atoms with Gasteiger partial charge in [0.2, 0.25) is 0 Å². The van der Waals surface area contributed by atoms with E-state index in [0.29, 0.717) is 22.6 Å². The van der Waals surface area contributed by atoms with Gasteiger partial charge in [-0.2, -0.15) is 0 Å². The molecule has 20 heavy (non-hydrogen) atoms. The summed E-state index contributed by atoms with van der Waals surface area (Å²) >= 11 is 9.89. The van der Waals surface area contributed by atoms with Crippen molar-refractivity contribution in [3.05, 3.63) is 50.3 Å². The van der Waals surface area contributed by atoms with Gasteiger partial charge in [-0.25, -0.2) is 14.4 Å². The molecule has 0 atom stereocenters. The van der Waals surface area contributed by atoms with Crippen LogP contribution in [-0.4, -0.2) is 9.97 Å². The van der Waals surface area contributed by atoms with Crippen LogP contribution in [0, 0.1) is 9.39 Å². The number of aromatic nitrogens is 2. The van der Waals surface area contributed by atoms with Gasteiger partial charge in [0.15, 0.2) is 0 Å². The Balaban J connectivity index is 1.77. The molecule has 3 rings (SSSR count). The van der Waals surface area contributed by atoms with Crippen LogP contribution in [-0.2, 0) is 5.75 Å². The quantitative estimate of drug-likeness (QED) is 0.393. The molecule has 0 bridgehead atoms. The van der Waals surface area contributed by atoms with E-state index in [1.165, 1.54) is 36.7 Å². The van der Waals surface area contributed by atoms with Gasteiger partial charge in [0.05, 0.1) is 15.0 Å². The number of rotatable bonds is 4. The van der Waals surface area contributed by atoms with Crippen molar-refractivity contribution in [2.45, 2.75) is 29.4 Å². The highest BCUT2D eigenvalue weighted by Gasteiger charge is 2.29. The van der Waals surface area contributed by atoms with E-state index in [0.717, 1.165) is 14.2 Å². The summed E-state index contributed by atoms with van der Waals surface area (Å²) in [5, 5.41) is 0.525. The third-order valence-electron chi connectivity index (χ3n) is 3.01. The largest absolute Gasteiger partial charge is 0.236 e. The zero-order valence-corrected chi connectivity index (χ0v) is 14.2. The summed E-state index contributed by atoms with van der Waals surface area (Å²) in [6.45, 7) is 0. The molecule has 1 heterocycles. The average molecular weight is 421 g/mol. The van der Waals surface area contributed by atoms with Crippen molar-refractivity contribution in [1.82, 2.24) is 9.97 Å². The van der Waals surface area contributed by atoms with Crippen LogP contribution in [0.25, 0.3) is 0 Å². The number of thioether (sulfide) groups is 1.